The fourth-order valence-corrected chi connectivity index (χ4v) is 2.72. The van der Waals surface area contributed by atoms with Crippen molar-refractivity contribution in [3.8, 4) is 0 Å². The first-order chi connectivity index (χ1) is 11.4. The predicted octanol–water partition coefficient (Wildman–Crippen LogP) is 4.92. The maximum absolute atomic E-state index is 12.8. The molecule has 0 rings (SSSR count). The van der Waals surface area contributed by atoms with Crippen LogP contribution in [-0.4, -0.2) is 24.4 Å². The van der Waals surface area contributed by atoms with Crippen molar-refractivity contribution in [1.29, 1.82) is 0 Å². The van der Waals surface area contributed by atoms with E-state index in [9.17, 15) is 9.59 Å². The van der Waals surface area contributed by atoms with Gasteiger partial charge in [-0.15, -0.1) is 0 Å². The van der Waals surface area contributed by atoms with Gasteiger partial charge in [-0.25, -0.2) is 0 Å². The van der Waals surface area contributed by atoms with Crippen molar-refractivity contribution in [3.63, 3.8) is 0 Å². The highest BCUT2D eigenvalue weighted by Gasteiger charge is 2.34. The van der Waals surface area contributed by atoms with E-state index in [0.29, 0.717) is 6.54 Å². The summed E-state index contributed by atoms with van der Waals surface area (Å²) in [6.45, 7) is 23.3. The van der Waals surface area contributed by atoms with Crippen LogP contribution in [0.25, 0.3) is 0 Å². The average Bonchev–Trinajstić information content (AvgIpc) is 2.46. The van der Waals surface area contributed by atoms with Gasteiger partial charge in [0.25, 0.3) is 0 Å². The lowest BCUT2D eigenvalue weighted by molar-refractivity contribution is -0.132. The van der Waals surface area contributed by atoms with E-state index in [0.717, 1.165) is 19.3 Å². The molecule has 0 radical (unpaired) electrons. The molecule has 4 heteroatoms. The fourth-order valence-electron chi connectivity index (χ4n) is 2.72. The van der Waals surface area contributed by atoms with Gasteiger partial charge in [0, 0.05) is 23.4 Å². The molecule has 0 saturated heterocycles. The zero-order valence-electron chi connectivity index (χ0n) is 19.2. The van der Waals surface area contributed by atoms with E-state index in [1.807, 2.05) is 34.6 Å². The Bertz CT molecular complexity index is 479. The van der Waals surface area contributed by atoms with Gasteiger partial charge < -0.3 is 10.6 Å². The molecule has 0 aromatic rings. The molecular formula is C22H44N2O2. The fraction of sp³-hybridized carbons (Fsp3) is 0.909. The quantitative estimate of drug-likeness (QED) is 0.639. The van der Waals surface area contributed by atoms with E-state index in [-0.39, 0.29) is 34.1 Å². The Labute approximate surface area is 162 Å². The van der Waals surface area contributed by atoms with Crippen molar-refractivity contribution in [1.82, 2.24) is 10.6 Å². The van der Waals surface area contributed by atoms with Crippen molar-refractivity contribution >= 4 is 11.8 Å². The minimum Gasteiger partial charge on any atom is -0.355 e. The molecule has 4 nitrogen and oxygen atoms in total. The summed E-state index contributed by atoms with van der Waals surface area (Å²) in [4.78, 5) is 24.9. The highest BCUT2D eigenvalue weighted by molar-refractivity contribution is 5.82. The standard InChI is InChI=1S/C22H44N2O2/c1-12-16(19(2,3)4)24-18(26)22(10,11)14-13-21(8,9)15-23-17(25)20(5,6)7/h16H,12-15H2,1-11H3,(H,23,25)(H,24,26). The number of carbonyl (C=O) groups excluding carboxylic acids is 2. The number of nitrogens with one attached hydrogen (secondary N) is 2. The zero-order valence-corrected chi connectivity index (χ0v) is 19.2. The molecule has 0 bridgehead atoms. The van der Waals surface area contributed by atoms with Crippen LogP contribution in [0.2, 0.25) is 0 Å². The number of amides is 2. The summed E-state index contributed by atoms with van der Waals surface area (Å²) < 4.78 is 0. The van der Waals surface area contributed by atoms with E-state index in [1.165, 1.54) is 0 Å². The molecule has 0 aliphatic carbocycles. The van der Waals surface area contributed by atoms with E-state index in [1.54, 1.807) is 0 Å². The molecule has 154 valence electrons. The molecule has 1 unspecified atom stereocenters. The van der Waals surface area contributed by atoms with E-state index in [4.69, 9.17) is 0 Å². The molecule has 0 fully saturated rings. The highest BCUT2D eigenvalue weighted by atomic mass is 16.2. The van der Waals surface area contributed by atoms with Crippen molar-refractivity contribution < 1.29 is 9.59 Å². The van der Waals surface area contributed by atoms with Gasteiger partial charge in [0.1, 0.15) is 0 Å². The normalized spacial score (nSPS) is 14.7. The van der Waals surface area contributed by atoms with Crippen LogP contribution in [-0.2, 0) is 9.59 Å². The second-order valence-electron chi connectivity index (χ2n) is 11.3. The van der Waals surface area contributed by atoms with Crippen LogP contribution in [0.1, 0.15) is 95.4 Å². The summed E-state index contributed by atoms with van der Waals surface area (Å²) in [6, 6.07) is 0.174. The Kier molecular flexibility index (Phi) is 8.40. The molecule has 0 spiro atoms. The lowest BCUT2D eigenvalue weighted by atomic mass is 9.77. The number of hydrogen-bond acceptors (Lipinski definition) is 2. The van der Waals surface area contributed by atoms with Crippen LogP contribution in [0.3, 0.4) is 0 Å². The van der Waals surface area contributed by atoms with Crippen LogP contribution in [0, 0.1) is 21.7 Å². The summed E-state index contributed by atoms with van der Waals surface area (Å²) in [6.07, 6.45) is 2.59. The topological polar surface area (TPSA) is 58.2 Å². The molecule has 0 aliphatic heterocycles. The first-order valence-electron chi connectivity index (χ1n) is 10.0. The molecule has 26 heavy (non-hydrogen) atoms. The third kappa shape index (κ3) is 8.55. The van der Waals surface area contributed by atoms with Gasteiger partial charge in [0.15, 0.2) is 0 Å². The minimum atomic E-state index is -0.427. The van der Waals surface area contributed by atoms with Crippen LogP contribution in [0.4, 0.5) is 0 Å². The van der Waals surface area contributed by atoms with Gasteiger partial charge in [0.05, 0.1) is 0 Å². The Morgan fingerprint density at radius 1 is 0.808 bits per heavy atom. The zero-order chi connectivity index (χ0) is 21.0. The van der Waals surface area contributed by atoms with E-state index in [2.05, 4.69) is 52.2 Å². The second kappa shape index (κ2) is 8.75. The summed E-state index contributed by atoms with van der Waals surface area (Å²) in [5, 5.41) is 6.29. The predicted molar refractivity (Wildman–Crippen MR) is 111 cm³/mol. The summed E-state index contributed by atoms with van der Waals surface area (Å²) in [5.74, 6) is 0.187. The molecule has 0 aromatic heterocycles. The van der Waals surface area contributed by atoms with Crippen molar-refractivity contribution in [2.24, 2.45) is 21.7 Å². The molecule has 1 atom stereocenters. The number of carbonyl (C=O) groups is 2. The lowest BCUT2D eigenvalue weighted by Gasteiger charge is -2.35. The van der Waals surface area contributed by atoms with Gasteiger partial charge >= 0.3 is 0 Å². The van der Waals surface area contributed by atoms with Crippen molar-refractivity contribution in [2.75, 3.05) is 6.54 Å². The third-order valence-electron chi connectivity index (χ3n) is 5.21. The molecular weight excluding hydrogens is 324 g/mol. The van der Waals surface area contributed by atoms with E-state index < -0.39 is 5.41 Å². The summed E-state index contributed by atoms with van der Waals surface area (Å²) >= 11 is 0. The maximum Gasteiger partial charge on any atom is 0.225 e. The molecule has 2 N–H and O–H groups in total. The first-order valence-corrected chi connectivity index (χ1v) is 10.0. The first kappa shape index (κ1) is 24.9. The molecule has 0 aliphatic rings. The largest absolute Gasteiger partial charge is 0.355 e. The highest BCUT2D eigenvalue weighted by Crippen LogP contribution is 2.32. The van der Waals surface area contributed by atoms with Crippen LogP contribution in [0.5, 0.6) is 0 Å². The number of rotatable bonds is 8. The second-order valence-corrected chi connectivity index (χ2v) is 11.3. The van der Waals surface area contributed by atoms with Crippen LogP contribution >= 0.6 is 0 Å². The minimum absolute atomic E-state index is 0.0490. The van der Waals surface area contributed by atoms with Crippen LogP contribution in [0.15, 0.2) is 0 Å². The van der Waals surface area contributed by atoms with Gasteiger partial charge in [-0.1, -0.05) is 76.2 Å². The van der Waals surface area contributed by atoms with Gasteiger partial charge in [-0.2, -0.15) is 0 Å². The average molecular weight is 369 g/mol. The smallest absolute Gasteiger partial charge is 0.225 e. The van der Waals surface area contributed by atoms with Crippen molar-refractivity contribution in [2.45, 2.75) is 101 Å². The molecule has 0 aromatic carbocycles. The monoisotopic (exact) mass is 368 g/mol. The molecule has 0 heterocycles. The Morgan fingerprint density at radius 3 is 1.69 bits per heavy atom. The molecule has 0 saturated carbocycles. The Balaban J connectivity index is 4.74. The Hall–Kier alpha value is -1.06. The third-order valence-corrected chi connectivity index (χ3v) is 5.21. The van der Waals surface area contributed by atoms with Crippen molar-refractivity contribution in [3.05, 3.63) is 0 Å². The Morgan fingerprint density at radius 2 is 1.31 bits per heavy atom. The van der Waals surface area contributed by atoms with Gasteiger partial charge in [0.2, 0.25) is 11.8 Å². The lowest BCUT2D eigenvalue weighted by Crippen LogP contribution is -2.48. The van der Waals surface area contributed by atoms with Gasteiger partial charge in [-0.3, -0.25) is 9.59 Å². The summed E-state index contributed by atoms with van der Waals surface area (Å²) in [5.41, 5.74) is -0.801. The molecule has 2 amide bonds. The van der Waals surface area contributed by atoms with E-state index >= 15 is 0 Å². The SMILES string of the molecule is CCC(NC(=O)C(C)(C)CCC(C)(C)CNC(=O)C(C)(C)C)C(C)(C)C. The number of hydrogen-bond donors (Lipinski definition) is 2. The van der Waals surface area contributed by atoms with Crippen LogP contribution < -0.4 is 10.6 Å². The summed E-state index contributed by atoms with van der Waals surface area (Å²) in [7, 11) is 0. The maximum atomic E-state index is 12.8. The van der Waals surface area contributed by atoms with Gasteiger partial charge in [-0.05, 0) is 30.1 Å².